The fourth-order valence-electron chi connectivity index (χ4n) is 2.36. The van der Waals surface area contributed by atoms with Crippen LogP contribution in [0.2, 0.25) is 15.3 Å². The quantitative estimate of drug-likeness (QED) is 0.563. The van der Waals surface area contributed by atoms with E-state index in [0.717, 1.165) is 0 Å². The van der Waals surface area contributed by atoms with Crippen molar-refractivity contribution in [1.82, 2.24) is 9.97 Å². The van der Waals surface area contributed by atoms with Crippen LogP contribution in [0.3, 0.4) is 0 Å². The van der Waals surface area contributed by atoms with Crippen molar-refractivity contribution in [1.29, 1.82) is 0 Å². The normalized spacial score (nSPS) is 10.9. The van der Waals surface area contributed by atoms with Gasteiger partial charge in [0.2, 0.25) is 5.28 Å². The van der Waals surface area contributed by atoms with Crippen LogP contribution in [0.15, 0.2) is 24.4 Å². The number of nitrogens with zero attached hydrogens (tertiary/aromatic N) is 2. The standard InChI is InChI=1S/C16H10Cl3FN2O2/c1-23-10-5-11(24-2)14(18)12(13(10)17)7-3-4-9-8(15(7)20)6-21-16(19)22-9/h3-6H,1-2H3. The summed E-state index contributed by atoms with van der Waals surface area (Å²) >= 11 is 18.4. The number of hydrogen-bond donors (Lipinski definition) is 0. The van der Waals surface area contributed by atoms with Gasteiger partial charge in [0, 0.05) is 23.4 Å². The van der Waals surface area contributed by atoms with Crippen molar-refractivity contribution in [2.24, 2.45) is 0 Å². The average Bonchev–Trinajstić information content (AvgIpc) is 2.57. The second-order valence-corrected chi connectivity index (χ2v) is 5.88. The van der Waals surface area contributed by atoms with E-state index in [2.05, 4.69) is 9.97 Å². The summed E-state index contributed by atoms with van der Waals surface area (Å²) in [6.45, 7) is 0. The fourth-order valence-corrected chi connectivity index (χ4v) is 3.21. The van der Waals surface area contributed by atoms with Gasteiger partial charge >= 0.3 is 0 Å². The maximum atomic E-state index is 15.0. The highest BCUT2D eigenvalue weighted by molar-refractivity contribution is 6.41. The molecule has 0 saturated heterocycles. The van der Waals surface area contributed by atoms with E-state index in [-0.39, 0.29) is 31.8 Å². The molecule has 2 aromatic carbocycles. The van der Waals surface area contributed by atoms with E-state index in [1.165, 1.54) is 32.5 Å². The lowest BCUT2D eigenvalue weighted by atomic mass is 10.0. The predicted octanol–water partition coefficient (Wildman–Crippen LogP) is 5.41. The Morgan fingerprint density at radius 2 is 1.62 bits per heavy atom. The number of ether oxygens (including phenoxy) is 2. The van der Waals surface area contributed by atoms with Gasteiger partial charge in [-0.2, -0.15) is 0 Å². The molecule has 0 atom stereocenters. The van der Waals surface area contributed by atoms with Gasteiger partial charge in [-0.05, 0) is 23.7 Å². The Labute approximate surface area is 152 Å². The average molecular weight is 388 g/mol. The summed E-state index contributed by atoms with van der Waals surface area (Å²) < 4.78 is 25.4. The van der Waals surface area contributed by atoms with E-state index in [1.807, 2.05) is 0 Å². The molecule has 4 nitrogen and oxygen atoms in total. The summed E-state index contributed by atoms with van der Waals surface area (Å²) in [4.78, 5) is 7.80. The van der Waals surface area contributed by atoms with E-state index in [9.17, 15) is 4.39 Å². The van der Waals surface area contributed by atoms with Gasteiger partial charge in [0.05, 0.1) is 35.2 Å². The van der Waals surface area contributed by atoms with Crippen LogP contribution in [-0.2, 0) is 0 Å². The van der Waals surface area contributed by atoms with Crippen LogP contribution in [0.25, 0.3) is 22.0 Å². The zero-order chi connectivity index (χ0) is 17.4. The zero-order valence-corrected chi connectivity index (χ0v) is 14.8. The van der Waals surface area contributed by atoms with Crippen molar-refractivity contribution in [3.63, 3.8) is 0 Å². The summed E-state index contributed by atoms with van der Waals surface area (Å²) in [5, 5.41) is 0.590. The highest BCUT2D eigenvalue weighted by Gasteiger charge is 2.22. The molecule has 3 aromatic rings. The number of methoxy groups -OCH3 is 2. The van der Waals surface area contributed by atoms with Crippen molar-refractivity contribution in [2.45, 2.75) is 0 Å². The Bertz CT molecular complexity index is 922. The molecule has 0 bridgehead atoms. The summed E-state index contributed by atoms with van der Waals surface area (Å²) in [6.07, 6.45) is 1.31. The molecule has 124 valence electrons. The molecule has 0 amide bonds. The first-order valence-electron chi connectivity index (χ1n) is 6.69. The molecule has 0 aliphatic carbocycles. The molecule has 0 unspecified atom stereocenters. The molecule has 0 aliphatic rings. The first-order chi connectivity index (χ1) is 11.5. The number of benzene rings is 2. The first kappa shape index (κ1) is 17.0. The SMILES string of the molecule is COc1cc(OC)c(Cl)c(-c2ccc3nc(Cl)ncc3c2F)c1Cl. The molecule has 1 heterocycles. The van der Waals surface area contributed by atoms with E-state index < -0.39 is 5.82 Å². The lowest BCUT2D eigenvalue weighted by molar-refractivity contribution is 0.395. The molecule has 0 fully saturated rings. The number of fused-ring (bicyclic) bond motifs is 1. The predicted molar refractivity (Wildman–Crippen MR) is 93.1 cm³/mol. The molecule has 0 radical (unpaired) electrons. The fraction of sp³-hybridized carbons (Fsp3) is 0.125. The number of aromatic nitrogens is 2. The summed E-state index contributed by atoms with van der Waals surface area (Å²) in [7, 11) is 2.90. The lowest BCUT2D eigenvalue weighted by Crippen LogP contribution is -1.96. The number of halogens is 4. The molecular formula is C16H10Cl3FN2O2. The van der Waals surface area contributed by atoms with Gasteiger partial charge in [-0.15, -0.1) is 0 Å². The summed E-state index contributed by atoms with van der Waals surface area (Å²) in [5.74, 6) is 0.0720. The molecule has 1 aromatic heterocycles. The first-order valence-corrected chi connectivity index (χ1v) is 7.82. The Balaban J connectivity index is 2.35. The van der Waals surface area contributed by atoms with Crippen LogP contribution < -0.4 is 9.47 Å². The largest absolute Gasteiger partial charge is 0.495 e. The smallest absolute Gasteiger partial charge is 0.222 e. The number of hydrogen-bond acceptors (Lipinski definition) is 4. The second-order valence-electron chi connectivity index (χ2n) is 4.78. The third kappa shape index (κ3) is 2.73. The minimum Gasteiger partial charge on any atom is -0.495 e. The van der Waals surface area contributed by atoms with Gasteiger partial charge in [-0.25, -0.2) is 14.4 Å². The minimum absolute atomic E-state index is 0.0359. The maximum absolute atomic E-state index is 15.0. The van der Waals surface area contributed by atoms with Crippen molar-refractivity contribution >= 4 is 45.7 Å². The molecule has 0 spiro atoms. The summed E-state index contributed by atoms with van der Waals surface area (Å²) in [5.41, 5.74) is 0.822. The van der Waals surface area contributed by atoms with E-state index in [1.54, 1.807) is 6.07 Å². The van der Waals surface area contributed by atoms with Crippen molar-refractivity contribution < 1.29 is 13.9 Å². The Kier molecular flexibility index (Phi) is 4.67. The maximum Gasteiger partial charge on any atom is 0.222 e. The lowest BCUT2D eigenvalue weighted by Gasteiger charge is -2.15. The van der Waals surface area contributed by atoms with Crippen LogP contribution in [0.4, 0.5) is 4.39 Å². The zero-order valence-electron chi connectivity index (χ0n) is 12.5. The van der Waals surface area contributed by atoms with Gasteiger partial charge in [-0.3, -0.25) is 0 Å². The molecule has 0 aliphatic heterocycles. The van der Waals surface area contributed by atoms with Crippen molar-refractivity contribution in [2.75, 3.05) is 14.2 Å². The van der Waals surface area contributed by atoms with E-state index in [0.29, 0.717) is 17.0 Å². The molecule has 8 heteroatoms. The summed E-state index contributed by atoms with van der Waals surface area (Å²) in [6, 6.07) is 4.67. The molecule has 24 heavy (non-hydrogen) atoms. The van der Waals surface area contributed by atoms with Crippen LogP contribution in [-0.4, -0.2) is 24.2 Å². The Morgan fingerprint density at radius 3 is 2.21 bits per heavy atom. The van der Waals surface area contributed by atoms with Gasteiger partial charge in [0.25, 0.3) is 0 Å². The van der Waals surface area contributed by atoms with Gasteiger partial charge in [-0.1, -0.05) is 23.2 Å². The molecule has 0 saturated carbocycles. The molecule has 3 rings (SSSR count). The van der Waals surface area contributed by atoms with Crippen LogP contribution in [0, 0.1) is 5.82 Å². The minimum atomic E-state index is -0.566. The van der Waals surface area contributed by atoms with Gasteiger partial charge in [0.1, 0.15) is 17.3 Å². The van der Waals surface area contributed by atoms with E-state index in [4.69, 9.17) is 44.3 Å². The molecule has 0 N–H and O–H groups in total. The van der Waals surface area contributed by atoms with Crippen LogP contribution in [0.5, 0.6) is 11.5 Å². The topological polar surface area (TPSA) is 44.2 Å². The van der Waals surface area contributed by atoms with Gasteiger partial charge in [0.15, 0.2) is 0 Å². The van der Waals surface area contributed by atoms with Crippen LogP contribution in [0.1, 0.15) is 0 Å². The molecular weight excluding hydrogens is 378 g/mol. The highest BCUT2D eigenvalue weighted by atomic mass is 35.5. The Hall–Kier alpha value is -1.82. The third-order valence-electron chi connectivity index (χ3n) is 3.51. The van der Waals surface area contributed by atoms with Gasteiger partial charge < -0.3 is 9.47 Å². The van der Waals surface area contributed by atoms with Crippen molar-refractivity contribution in [3.05, 3.63) is 45.5 Å². The van der Waals surface area contributed by atoms with E-state index >= 15 is 0 Å². The van der Waals surface area contributed by atoms with Crippen LogP contribution >= 0.6 is 34.8 Å². The Morgan fingerprint density at radius 1 is 1.00 bits per heavy atom. The second kappa shape index (κ2) is 6.59. The third-order valence-corrected chi connectivity index (χ3v) is 4.45. The van der Waals surface area contributed by atoms with Crippen molar-refractivity contribution in [3.8, 4) is 22.6 Å². The highest BCUT2D eigenvalue weighted by Crippen LogP contribution is 2.47. The monoisotopic (exact) mass is 386 g/mol. The number of rotatable bonds is 3.